The van der Waals surface area contributed by atoms with Crippen molar-refractivity contribution in [1.29, 1.82) is 0 Å². The van der Waals surface area contributed by atoms with Crippen LogP contribution in [0.3, 0.4) is 0 Å². The van der Waals surface area contributed by atoms with Crippen LogP contribution in [-0.2, 0) is 6.18 Å². The van der Waals surface area contributed by atoms with Crippen LogP contribution in [0.25, 0.3) is 11.0 Å². The second kappa shape index (κ2) is 6.90. The third-order valence-electron chi connectivity index (χ3n) is 4.79. The molecule has 1 saturated heterocycles. The molecule has 0 saturated carbocycles. The Bertz CT molecular complexity index is 1050. The Morgan fingerprint density at radius 2 is 1.79 bits per heavy atom. The number of rotatable bonds is 3. The van der Waals surface area contributed by atoms with Crippen molar-refractivity contribution in [3.05, 3.63) is 47.5 Å². The standard InChI is InChI=1S/C18H16F4N6O/c19-10-7-12(16(23)29)15-13(8-10)25-17(26-15)28-5-3-27(4-6-28)11-1-2-14(24-9-11)18(20,21)22/h1-2,7-9H,3-6H2,(H2,23,29)(H,25,26). The van der Waals surface area contributed by atoms with Gasteiger partial charge in [0.2, 0.25) is 5.95 Å². The number of nitrogens with zero attached hydrogens (tertiary/aromatic N) is 4. The fraction of sp³-hybridized carbons (Fsp3) is 0.278. The summed E-state index contributed by atoms with van der Waals surface area (Å²) in [7, 11) is 0. The second-order valence-electron chi connectivity index (χ2n) is 6.65. The number of hydrogen-bond donors (Lipinski definition) is 2. The lowest BCUT2D eigenvalue weighted by Gasteiger charge is -2.35. The van der Waals surface area contributed by atoms with Gasteiger partial charge in [-0.15, -0.1) is 0 Å². The number of nitrogens with two attached hydrogens (primary N) is 1. The zero-order valence-corrected chi connectivity index (χ0v) is 15.0. The summed E-state index contributed by atoms with van der Waals surface area (Å²) in [5.74, 6) is -0.897. The third kappa shape index (κ3) is 3.67. The van der Waals surface area contributed by atoms with Gasteiger partial charge >= 0.3 is 6.18 Å². The quantitative estimate of drug-likeness (QED) is 0.650. The molecule has 0 aliphatic carbocycles. The molecule has 11 heteroatoms. The number of nitrogens with one attached hydrogen (secondary N) is 1. The number of imidazole rings is 1. The van der Waals surface area contributed by atoms with Gasteiger partial charge in [0.05, 0.1) is 23.0 Å². The zero-order chi connectivity index (χ0) is 20.8. The molecule has 2 aromatic heterocycles. The van der Waals surface area contributed by atoms with E-state index in [0.717, 1.165) is 12.1 Å². The monoisotopic (exact) mass is 408 g/mol. The van der Waals surface area contributed by atoms with Crippen LogP contribution in [-0.4, -0.2) is 47.0 Å². The van der Waals surface area contributed by atoms with E-state index < -0.39 is 23.6 Å². The molecule has 1 aliphatic rings. The van der Waals surface area contributed by atoms with Crippen molar-refractivity contribution in [3.63, 3.8) is 0 Å². The van der Waals surface area contributed by atoms with Gasteiger partial charge in [0, 0.05) is 26.2 Å². The number of piperazine rings is 1. The van der Waals surface area contributed by atoms with Gasteiger partial charge in [0.25, 0.3) is 5.91 Å². The maximum absolute atomic E-state index is 13.7. The smallest absolute Gasteiger partial charge is 0.367 e. The summed E-state index contributed by atoms with van der Waals surface area (Å²) in [5, 5.41) is 0. The minimum absolute atomic E-state index is 0.00281. The van der Waals surface area contributed by atoms with Crippen LogP contribution in [0.4, 0.5) is 29.2 Å². The molecule has 1 amide bonds. The highest BCUT2D eigenvalue weighted by atomic mass is 19.4. The number of hydrogen-bond acceptors (Lipinski definition) is 5. The predicted molar refractivity (Wildman–Crippen MR) is 98.2 cm³/mol. The van der Waals surface area contributed by atoms with E-state index in [0.29, 0.717) is 48.8 Å². The molecular formula is C18H16F4N6O. The van der Waals surface area contributed by atoms with E-state index in [1.54, 1.807) is 0 Å². The molecule has 152 valence electrons. The number of aromatic amines is 1. The lowest BCUT2D eigenvalue weighted by molar-refractivity contribution is -0.141. The number of amides is 1. The van der Waals surface area contributed by atoms with Gasteiger partial charge < -0.3 is 20.5 Å². The Balaban J connectivity index is 1.50. The molecule has 29 heavy (non-hydrogen) atoms. The highest BCUT2D eigenvalue weighted by Gasteiger charge is 2.32. The maximum Gasteiger partial charge on any atom is 0.433 e. The number of carbonyl (C=O) groups is 1. The molecule has 4 rings (SSSR count). The van der Waals surface area contributed by atoms with Crippen LogP contribution in [0.15, 0.2) is 30.5 Å². The molecule has 7 nitrogen and oxygen atoms in total. The largest absolute Gasteiger partial charge is 0.433 e. The van der Waals surface area contributed by atoms with E-state index in [1.165, 1.54) is 18.3 Å². The van der Waals surface area contributed by atoms with Crippen molar-refractivity contribution in [2.75, 3.05) is 36.0 Å². The Labute approximate surface area is 162 Å². The molecule has 0 unspecified atom stereocenters. The first-order chi connectivity index (χ1) is 13.7. The summed E-state index contributed by atoms with van der Waals surface area (Å²) in [6.07, 6.45) is -3.26. The average molecular weight is 408 g/mol. The Morgan fingerprint density at radius 3 is 2.38 bits per heavy atom. The highest BCUT2D eigenvalue weighted by Crippen LogP contribution is 2.29. The number of fused-ring (bicyclic) bond motifs is 1. The van der Waals surface area contributed by atoms with E-state index >= 15 is 0 Å². The van der Waals surface area contributed by atoms with Crippen molar-refractivity contribution in [1.82, 2.24) is 15.0 Å². The highest BCUT2D eigenvalue weighted by molar-refractivity contribution is 6.04. The van der Waals surface area contributed by atoms with Gasteiger partial charge in [-0.1, -0.05) is 0 Å². The Kier molecular flexibility index (Phi) is 4.52. The molecule has 3 N–H and O–H groups in total. The van der Waals surface area contributed by atoms with Crippen molar-refractivity contribution in [2.45, 2.75) is 6.18 Å². The first-order valence-corrected chi connectivity index (χ1v) is 8.74. The van der Waals surface area contributed by atoms with E-state index in [-0.39, 0.29) is 5.56 Å². The molecule has 0 atom stereocenters. The number of aromatic nitrogens is 3. The van der Waals surface area contributed by atoms with Gasteiger partial charge in [-0.2, -0.15) is 13.2 Å². The number of benzene rings is 1. The van der Waals surface area contributed by atoms with Crippen molar-refractivity contribution in [2.24, 2.45) is 5.73 Å². The first kappa shape index (κ1) is 19.0. The molecule has 0 bridgehead atoms. The summed E-state index contributed by atoms with van der Waals surface area (Å²) in [5.41, 5.74) is 5.62. The minimum Gasteiger partial charge on any atom is -0.367 e. The molecular weight excluding hydrogens is 392 g/mol. The topological polar surface area (TPSA) is 91.1 Å². The number of pyridine rings is 1. The number of halogens is 4. The van der Waals surface area contributed by atoms with Gasteiger partial charge in [0.1, 0.15) is 17.0 Å². The van der Waals surface area contributed by atoms with Crippen LogP contribution in [0, 0.1) is 5.82 Å². The van der Waals surface area contributed by atoms with Crippen LogP contribution in [0.1, 0.15) is 16.1 Å². The fourth-order valence-corrected chi connectivity index (χ4v) is 3.32. The minimum atomic E-state index is -4.47. The Morgan fingerprint density at radius 1 is 1.10 bits per heavy atom. The number of anilines is 2. The van der Waals surface area contributed by atoms with Gasteiger partial charge in [-0.25, -0.2) is 14.4 Å². The lowest BCUT2D eigenvalue weighted by atomic mass is 10.1. The van der Waals surface area contributed by atoms with Crippen molar-refractivity contribution >= 4 is 28.6 Å². The second-order valence-corrected chi connectivity index (χ2v) is 6.65. The van der Waals surface area contributed by atoms with Crippen molar-refractivity contribution < 1.29 is 22.4 Å². The van der Waals surface area contributed by atoms with Crippen LogP contribution < -0.4 is 15.5 Å². The molecule has 3 heterocycles. The zero-order valence-electron chi connectivity index (χ0n) is 15.0. The van der Waals surface area contributed by atoms with Gasteiger partial charge in [-0.3, -0.25) is 4.79 Å². The third-order valence-corrected chi connectivity index (χ3v) is 4.79. The number of H-pyrrole nitrogens is 1. The molecule has 1 fully saturated rings. The van der Waals surface area contributed by atoms with Crippen LogP contribution in [0.5, 0.6) is 0 Å². The molecule has 0 spiro atoms. The molecule has 1 aliphatic heterocycles. The number of carbonyl (C=O) groups excluding carboxylic acids is 1. The summed E-state index contributed by atoms with van der Waals surface area (Å²) >= 11 is 0. The lowest BCUT2D eigenvalue weighted by Crippen LogP contribution is -2.47. The SMILES string of the molecule is NC(=O)c1cc(F)cc2[nH]c(N3CCN(c4ccc(C(F)(F)F)nc4)CC3)nc12. The maximum atomic E-state index is 13.7. The van der Waals surface area contributed by atoms with E-state index in [2.05, 4.69) is 15.0 Å². The Hall–Kier alpha value is -3.37. The normalized spacial score (nSPS) is 15.2. The number of alkyl halides is 3. The van der Waals surface area contributed by atoms with Crippen LogP contribution >= 0.6 is 0 Å². The van der Waals surface area contributed by atoms with E-state index in [4.69, 9.17) is 5.73 Å². The van der Waals surface area contributed by atoms with Gasteiger partial charge in [-0.05, 0) is 24.3 Å². The van der Waals surface area contributed by atoms with Gasteiger partial charge in [0.15, 0.2) is 0 Å². The molecule has 1 aromatic carbocycles. The average Bonchev–Trinajstić information content (AvgIpc) is 3.10. The summed E-state index contributed by atoms with van der Waals surface area (Å²) in [6, 6.07) is 4.64. The molecule has 3 aromatic rings. The fourth-order valence-electron chi connectivity index (χ4n) is 3.32. The predicted octanol–water partition coefficient (Wildman–Crippen LogP) is 2.54. The first-order valence-electron chi connectivity index (χ1n) is 8.74. The van der Waals surface area contributed by atoms with E-state index in [1.807, 2.05) is 9.80 Å². The molecule has 0 radical (unpaired) electrons. The van der Waals surface area contributed by atoms with Crippen molar-refractivity contribution in [3.8, 4) is 0 Å². The number of primary amides is 1. The van der Waals surface area contributed by atoms with E-state index in [9.17, 15) is 22.4 Å². The summed E-state index contributed by atoms with van der Waals surface area (Å²) in [6.45, 7) is 2.10. The van der Waals surface area contributed by atoms with Crippen LogP contribution in [0.2, 0.25) is 0 Å². The summed E-state index contributed by atoms with van der Waals surface area (Å²) in [4.78, 5) is 26.2. The summed E-state index contributed by atoms with van der Waals surface area (Å²) < 4.78 is 51.6.